The van der Waals surface area contributed by atoms with Crippen molar-refractivity contribution in [3.8, 4) is 0 Å². The molecule has 1 heterocycles. The molecule has 0 saturated carbocycles. The second-order valence-corrected chi connectivity index (χ2v) is 4.00. The van der Waals surface area contributed by atoms with Gasteiger partial charge in [0.15, 0.2) is 0 Å². The molecule has 1 atom stereocenters. The van der Waals surface area contributed by atoms with E-state index in [2.05, 4.69) is 4.98 Å². The molecule has 1 N–H and O–H groups in total. The number of rotatable bonds is 3. The van der Waals surface area contributed by atoms with Crippen molar-refractivity contribution in [2.75, 3.05) is 0 Å². The van der Waals surface area contributed by atoms with Gasteiger partial charge < -0.3 is 5.11 Å². The number of pyridine rings is 1. The Labute approximate surface area is 95.6 Å². The van der Waals surface area contributed by atoms with E-state index >= 15 is 0 Å². The van der Waals surface area contributed by atoms with Gasteiger partial charge in [-0.25, -0.2) is 0 Å². The molecule has 0 aliphatic carbocycles. The van der Waals surface area contributed by atoms with Crippen molar-refractivity contribution >= 4 is 0 Å². The Bertz CT molecular complexity index is 453. The molecule has 0 saturated heterocycles. The number of benzene rings is 1. The first-order valence-electron chi connectivity index (χ1n) is 5.39. The van der Waals surface area contributed by atoms with Gasteiger partial charge in [-0.05, 0) is 24.1 Å². The Morgan fingerprint density at radius 1 is 1.25 bits per heavy atom. The highest BCUT2D eigenvalue weighted by molar-refractivity contribution is 5.25. The molecule has 0 spiro atoms. The van der Waals surface area contributed by atoms with Crippen LogP contribution in [0, 0.1) is 6.92 Å². The van der Waals surface area contributed by atoms with Crippen molar-refractivity contribution in [1.29, 1.82) is 0 Å². The van der Waals surface area contributed by atoms with Crippen LogP contribution in [0.15, 0.2) is 48.8 Å². The first-order valence-corrected chi connectivity index (χ1v) is 5.39. The fourth-order valence-corrected chi connectivity index (χ4v) is 1.74. The summed E-state index contributed by atoms with van der Waals surface area (Å²) in [7, 11) is 0. The topological polar surface area (TPSA) is 33.1 Å². The van der Waals surface area contributed by atoms with Gasteiger partial charge in [-0.2, -0.15) is 0 Å². The Kier molecular flexibility index (Phi) is 3.32. The van der Waals surface area contributed by atoms with Gasteiger partial charge in [-0.3, -0.25) is 4.98 Å². The van der Waals surface area contributed by atoms with Gasteiger partial charge in [0.25, 0.3) is 0 Å². The highest BCUT2D eigenvalue weighted by atomic mass is 16.3. The summed E-state index contributed by atoms with van der Waals surface area (Å²) in [6.07, 6.45) is 3.68. The molecule has 2 nitrogen and oxygen atoms in total. The number of aryl methyl sites for hydroxylation is 1. The largest absolute Gasteiger partial charge is 0.388 e. The number of aliphatic hydroxyl groups is 1. The zero-order chi connectivity index (χ0) is 11.4. The summed E-state index contributed by atoms with van der Waals surface area (Å²) >= 11 is 0. The average molecular weight is 213 g/mol. The van der Waals surface area contributed by atoms with Crippen molar-refractivity contribution < 1.29 is 5.11 Å². The number of aromatic nitrogens is 1. The smallest absolute Gasteiger partial charge is 0.0831 e. The first-order chi connectivity index (χ1) is 7.75. The van der Waals surface area contributed by atoms with E-state index in [1.165, 1.54) is 5.56 Å². The molecule has 2 aromatic rings. The molecular formula is C14H15NO. The molecule has 82 valence electrons. The Morgan fingerprint density at radius 2 is 2.12 bits per heavy atom. The van der Waals surface area contributed by atoms with Crippen LogP contribution in [-0.2, 0) is 6.42 Å². The molecule has 0 amide bonds. The Balaban J connectivity index is 2.12. The van der Waals surface area contributed by atoms with Gasteiger partial charge in [-0.15, -0.1) is 0 Å². The monoisotopic (exact) mass is 213 g/mol. The lowest BCUT2D eigenvalue weighted by molar-refractivity contribution is 0.178. The van der Waals surface area contributed by atoms with Crippen LogP contribution in [0.5, 0.6) is 0 Å². The summed E-state index contributed by atoms with van der Waals surface area (Å²) in [6.45, 7) is 2.03. The highest BCUT2D eigenvalue weighted by Crippen LogP contribution is 2.18. The first kappa shape index (κ1) is 10.8. The van der Waals surface area contributed by atoms with Crippen LogP contribution in [-0.4, -0.2) is 10.1 Å². The van der Waals surface area contributed by atoms with Crippen LogP contribution in [0.2, 0.25) is 0 Å². The minimum absolute atomic E-state index is 0.455. The lowest BCUT2D eigenvalue weighted by atomic mass is 10.0. The van der Waals surface area contributed by atoms with Crippen LogP contribution >= 0.6 is 0 Å². The van der Waals surface area contributed by atoms with E-state index in [1.54, 1.807) is 12.4 Å². The average Bonchev–Trinajstić information content (AvgIpc) is 2.30. The molecule has 0 radical (unpaired) electrons. The van der Waals surface area contributed by atoms with E-state index in [1.807, 2.05) is 43.3 Å². The van der Waals surface area contributed by atoms with Crippen LogP contribution in [0.4, 0.5) is 0 Å². The van der Waals surface area contributed by atoms with Crippen molar-refractivity contribution in [2.45, 2.75) is 19.4 Å². The fraction of sp³-hybridized carbons (Fsp3) is 0.214. The normalized spacial score (nSPS) is 12.4. The predicted molar refractivity (Wildman–Crippen MR) is 64.1 cm³/mol. The molecule has 1 aromatic heterocycles. The third kappa shape index (κ3) is 2.67. The molecule has 16 heavy (non-hydrogen) atoms. The van der Waals surface area contributed by atoms with Crippen LogP contribution in [0.25, 0.3) is 0 Å². The maximum absolute atomic E-state index is 10.1. The quantitative estimate of drug-likeness (QED) is 0.850. The summed E-state index contributed by atoms with van der Waals surface area (Å²) in [5, 5.41) is 10.1. The summed E-state index contributed by atoms with van der Waals surface area (Å²) in [5.74, 6) is 0. The highest BCUT2D eigenvalue weighted by Gasteiger charge is 2.08. The summed E-state index contributed by atoms with van der Waals surface area (Å²) in [5.41, 5.74) is 3.18. The van der Waals surface area contributed by atoms with Gasteiger partial charge >= 0.3 is 0 Å². The molecule has 0 aliphatic heterocycles. The molecular weight excluding hydrogens is 198 g/mol. The number of nitrogens with zero attached hydrogens (tertiary/aromatic N) is 1. The van der Waals surface area contributed by atoms with E-state index in [0.29, 0.717) is 6.42 Å². The second-order valence-electron chi connectivity index (χ2n) is 4.00. The molecule has 2 rings (SSSR count). The van der Waals surface area contributed by atoms with Crippen molar-refractivity contribution in [3.63, 3.8) is 0 Å². The van der Waals surface area contributed by atoms with Gasteiger partial charge in [0, 0.05) is 18.8 Å². The fourth-order valence-electron chi connectivity index (χ4n) is 1.74. The lowest BCUT2D eigenvalue weighted by Crippen LogP contribution is -2.02. The molecule has 0 fully saturated rings. The number of hydrogen-bond acceptors (Lipinski definition) is 2. The second kappa shape index (κ2) is 4.90. The standard InChI is InChI=1S/C14H15NO/c1-11-4-2-6-13(8-11)14(16)9-12-5-3-7-15-10-12/h2-8,10,14,16H,9H2,1H3. The third-order valence-electron chi connectivity index (χ3n) is 2.58. The molecule has 0 aliphatic rings. The van der Waals surface area contributed by atoms with E-state index in [0.717, 1.165) is 11.1 Å². The zero-order valence-electron chi connectivity index (χ0n) is 9.30. The maximum Gasteiger partial charge on any atom is 0.0831 e. The van der Waals surface area contributed by atoms with Crippen molar-refractivity contribution in [2.24, 2.45) is 0 Å². The minimum Gasteiger partial charge on any atom is -0.388 e. The van der Waals surface area contributed by atoms with Crippen molar-refractivity contribution in [1.82, 2.24) is 4.98 Å². The van der Waals surface area contributed by atoms with Gasteiger partial charge in [0.1, 0.15) is 0 Å². The zero-order valence-corrected chi connectivity index (χ0v) is 9.30. The molecule has 2 heteroatoms. The van der Waals surface area contributed by atoms with Gasteiger partial charge in [0.05, 0.1) is 6.10 Å². The Morgan fingerprint density at radius 3 is 2.81 bits per heavy atom. The van der Waals surface area contributed by atoms with E-state index < -0.39 is 6.10 Å². The SMILES string of the molecule is Cc1cccc(C(O)Cc2cccnc2)c1. The van der Waals surface area contributed by atoms with E-state index in [-0.39, 0.29) is 0 Å². The van der Waals surface area contributed by atoms with Crippen LogP contribution in [0.1, 0.15) is 22.8 Å². The Hall–Kier alpha value is -1.67. The van der Waals surface area contributed by atoms with Gasteiger partial charge in [0.2, 0.25) is 0 Å². The summed E-state index contributed by atoms with van der Waals surface area (Å²) in [6, 6.07) is 11.8. The van der Waals surface area contributed by atoms with E-state index in [9.17, 15) is 5.11 Å². The number of hydrogen-bond donors (Lipinski definition) is 1. The van der Waals surface area contributed by atoms with E-state index in [4.69, 9.17) is 0 Å². The van der Waals surface area contributed by atoms with Crippen molar-refractivity contribution in [3.05, 3.63) is 65.5 Å². The maximum atomic E-state index is 10.1. The molecule has 1 unspecified atom stereocenters. The minimum atomic E-state index is -0.455. The summed E-state index contributed by atoms with van der Waals surface area (Å²) < 4.78 is 0. The third-order valence-corrected chi connectivity index (χ3v) is 2.58. The van der Waals surface area contributed by atoms with Gasteiger partial charge in [-0.1, -0.05) is 35.9 Å². The lowest BCUT2D eigenvalue weighted by Gasteiger charge is -2.11. The molecule has 1 aromatic carbocycles. The van der Waals surface area contributed by atoms with Crippen LogP contribution in [0.3, 0.4) is 0 Å². The van der Waals surface area contributed by atoms with Crippen LogP contribution < -0.4 is 0 Å². The molecule has 0 bridgehead atoms. The predicted octanol–water partition coefficient (Wildman–Crippen LogP) is 2.67. The number of aliphatic hydroxyl groups excluding tert-OH is 1. The summed E-state index contributed by atoms with van der Waals surface area (Å²) in [4.78, 5) is 4.04.